The fourth-order valence-electron chi connectivity index (χ4n) is 2.01. The molecule has 0 aliphatic heterocycles. The van der Waals surface area contributed by atoms with E-state index in [1.807, 2.05) is 0 Å². The van der Waals surface area contributed by atoms with Crippen LogP contribution in [0.2, 0.25) is 0 Å². The molecule has 0 heterocycles. The zero-order valence-corrected chi connectivity index (χ0v) is 10.5. The van der Waals surface area contributed by atoms with E-state index in [2.05, 4.69) is 19.2 Å². The summed E-state index contributed by atoms with van der Waals surface area (Å²) < 4.78 is 0. The second-order valence-corrected chi connectivity index (χ2v) is 5.89. The van der Waals surface area contributed by atoms with E-state index >= 15 is 0 Å². The summed E-state index contributed by atoms with van der Waals surface area (Å²) in [4.78, 5) is 10.9. The van der Waals surface area contributed by atoms with E-state index in [-0.39, 0.29) is 11.9 Å². The summed E-state index contributed by atoms with van der Waals surface area (Å²) in [7, 11) is 0. The molecule has 0 bridgehead atoms. The van der Waals surface area contributed by atoms with Crippen LogP contribution in [0.25, 0.3) is 0 Å². The topological polar surface area (TPSA) is 75.3 Å². The second kappa shape index (κ2) is 4.72. The van der Waals surface area contributed by atoms with Crippen molar-refractivity contribution >= 4 is 5.91 Å². The first-order chi connectivity index (χ1) is 7.24. The summed E-state index contributed by atoms with van der Waals surface area (Å²) in [6.45, 7) is 6.63. The second-order valence-electron chi connectivity index (χ2n) is 5.89. The van der Waals surface area contributed by atoms with E-state index in [9.17, 15) is 9.90 Å². The molecule has 1 fully saturated rings. The van der Waals surface area contributed by atoms with Crippen LogP contribution in [0, 0.1) is 5.41 Å². The average molecular weight is 228 g/mol. The first-order valence-electron chi connectivity index (χ1n) is 5.99. The van der Waals surface area contributed by atoms with Crippen molar-refractivity contribution in [3.05, 3.63) is 0 Å². The Hall–Kier alpha value is -0.610. The first-order valence-corrected chi connectivity index (χ1v) is 5.99. The predicted octanol–water partition coefficient (Wildman–Crippen LogP) is 0.781. The minimum Gasteiger partial charge on any atom is -0.389 e. The highest BCUT2D eigenvalue weighted by Crippen LogP contribution is 2.39. The molecule has 1 aliphatic rings. The molecule has 1 saturated carbocycles. The Morgan fingerprint density at radius 2 is 1.88 bits per heavy atom. The van der Waals surface area contributed by atoms with Crippen molar-refractivity contribution in [3.63, 3.8) is 0 Å². The van der Waals surface area contributed by atoms with Crippen molar-refractivity contribution in [2.24, 2.45) is 11.1 Å². The van der Waals surface area contributed by atoms with E-state index < -0.39 is 5.60 Å². The van der Waals surface area contributed by atoms with Crippen molar-refractivity contribution in [2.45, 2.75) is 58.1 Å². The summed E-state index contributed by atoms with van der Waals surface area (Å²) in [5, 5.41) is 13.3. The maximum atomic E-state index is 10.9. The molecule has 4 N–H and O–H groups in total. The van der Waals surface area contributed by atoms with Gasteiger partial charge in [-0.2, -0.15) is 0 Å². The maximum absolute atomic E-state index is 10.9. The summed E-state index contributed by atoms with van der Waals surface area (Å²) in [6, 6.07) is -0.376. The van der Waals surface area contributed by atoms with Crippen molar-refractivity contribution in [1.29, 1.82) is 0 Å². The molecule has 0 spiro atoms. The number of hydrogen-bond donors (Lipinski definition) is 3. The minimum absolute atomic E-state index is 0.335. The number of hydrogen-bond acceptors (Lipinski definition) is 3. The molecule has 0 saturated heterocycles. The van der Waals surface area contributed by atoms with Crippen LogP contribution in [0.1, 0.15) is 46.5 Å². The van der Waals surface area contributed by atoms with Gasteiger partial charge in [-0.1, -0.05) is 13.8 Å². The quantitative estimate of drug-likeness (QED) is 0.665. The van der Waals surface area contributed by atoms with Crippen molar-refractivity contribution < 1.29 is 9.90 Å². The lowest BCUT2D eigenvalue weighted by Gasteiger charge is -2.40. The van der Waals surface area contributed by atoms with E-state index in [0.29, 0.717) is 12.0 Å². The summed E-state index contributed by atoms with van der Waals surface area (Å²) in [6.07, 6.45) is 3.63. The summed E-state index contributed by atoms with van der Waals surface area (Å²) in [5.74, 6) is -0.375. The smallest absolute Gasteiger partial charge is 0.234 e. The lowest BCUT2D eigenvalue weighted by atomic mass is 9.71. The summed E-state index contributed by atoms with van der Waals surface area (Å²) in [5.41, 5.74) is 4.82. The van der Waals surface area contributed by atoms with Gasteiger partial charge in [-0.25, -0.2) is 0 Å². The fraction of sp³-hybridized carbons (Fsp3) is 0.917. The van der Waals surface area contributed by atoms with Crippen molar-refractivity contribution in [2.75, 3.05) is 6.54 Å². The van der Waals surface area contributed by atoms with Crippen LogP contribution in [0.5, 0.6) is 0 Å². The Morgan fingerprint density at radius 3 is 2.31 bits per heavy atom. The minimum atomic E-state index is -0.667. The monoisotopic (exact) mass is 228 g/mol. The highest BCUT2D eigenvalue weighted by atomic mass is 16.3. The third-order valence-electron chi connectivity index (χ3n) is 3.70. The first kappa shape index (κ1) is 13.5. The Morgan fingerprint density at radius 1 is 1.38 bits per heavy atom. The molecule has 94 valence electrons. The van der Waals surface area contributed by atoms with E-state index in [4.69, 9.17) is 5.73 Å². The van der Waals surface area contributed by atoms with Gasteiger partial charge in [0.05, 0.1) is 11.6 Å². The van der Waals surface area contributed by atoms with Gasteiger partial charge in [0.2, 0.25) is 5.91 Å². The fourth-order valence-corrected chi connectivity index (χ4v) is 2.01. The lowest BCUT2D eigenvalue weighted by molar-refractivity contribution is -0.120. The number of carbonyl (C=O) groups is 1. The van der Waals surface area contributed by atoms with E-state index in [1.54, 1.807) is 6.92 Å². The van der Waals surface area contributed by atoms with Crippen LogP contribution in [0.3, 0.4) is 0 Å². The third-order valence-corrected chi connectivity index (χ3v) is 3.70. The van der Waals surface area contributed by atoms with Crippen molar-refractivity contribution in [1.82, 2.24) is 5.32 Å². The van der Waals surface area contributed by atoms with Crippen LogP contribution in [0.15, 0.2) is 0 Å². The third kappa shape index (κ3) is 3.76. The molecule has 1 atom stereocenters. The van der Waals surface area contributed by atoms with Crippen LogP contribution >= 0.6 is 0 Å². The van der Waals surface area contributed by atoms with Crippen LogP contribution in [-0.4, -0.2) is 29.2 Å². The molecular weight excluding hydrogens is 204 g/mol. The normalized spacial score (nSPS) is 25.0. The molecule has 1 unspecified atom stereocenters. The van der Waals surface area contributed by atoms with E-state index in [0.717, 1.165) is 25.7 Å². The van der Waals surface area contributed by atoms with Gasteiger partial charge in [-0.05, 0) is 38.0 Å². The van der Waals surface area contributed by atoms with E-state index in [1.165, 1.54) is 0 Å². The number of rotatable bonds is 4. The summed E-state index contributed by atoms with van der Waals surface area (Å²) >= 11 is 0. The highest BCUT2D eigenvalue weighted by molar-refractivity contribution is 5.79. The van der Waals surface area contributed by atoms with Crippen molar-refractivity contribution in [3.8, 4) is 0 Å². The van der Waals surface area contributed by atoms with Crippen LogP contribution in [-0.2, 0) is 4.79 Å². The van der Waals surface area contributed by atoms with Crippen LogP contribution in [0.4, 0.5) is 0 Å². The van der Waals surface area contributed by atoms with Gasteiger partial charge >= 0.3 is 0 Å². The SMILES string of the molecule is CC(NCC1(O)CCC(C)(C)CC1)C(N)=O. The maximum Gasteiger partial charge on any atom is 0.234 e. The van der Waals surface area contributed by atoms with Gasteiger partial charge in [-0.15, -0.1) is 0 Å². The largest absolute Gasteiger partial charge is 0.389 e. The van der Waals surface area contributed by atoms with Gasteiger partial charge < -0.3 is 16.2 Å². The molecule has 16 heavy (non-hydrogen) atoms. The molecule has 0 radical (unpaired) electrons. The molecule has 0 aromatic heterocycles. The molecule has 4 nitrogen and oxygen atoms in total. The standard InChI is InChI=1S/C12H24N2O2/c1-9(10(13)15)14-8-12(16)6-4-11(2,3)5-7-12/h9,14,16H,4-8H2,1-3H3,(H2,13,15). The molecule has 0 aromatic rings. The highest BCUT2D eigenvalue weighted by Gasteiger charge is 2.36. The van der Waals surface area contributed by atoms with Gasteiger partial charge in [0.25, 0.3) is 0 Å². The predicted molar refractivity (Wildman–Crippen MR) is 63.9 cm³/mol. The molecule has 1 amide bonds. The van der Waals surface area contributed by atoms with Gasteiger partial charge in [0.15, 0.2) is 0 Å². The number of amides is 1. The molecule has 4 heteroatoms. The molecule has 0 aromatic carbocycles. The lowest BCUT2D eigenvalue weighted by Crippen LogP contribution is -2.50. The number of carbonyl (C=O) groups excluding carboxylic acids is 1. The Balaban J connectivity index is 2.40. The zero-order chi connectivity index (χ0) is 12.4. The van der Waals surface area contributed by atoms with Gasteiger partial charge in [-0.3, -0.25) is 4.79 Å². The number of primary amides is 1. The number of aliphatic hydroxyl groups is 1. The van der Waals surface area contributed by atoms with Crippen LogP contribution < -0.4 is 11.1 Å². The molecule has 1 rings (SSSR count). The average Bonchev–Trinajstić information content (AvgIpc) is 2.20. The Bertz CT molecular complexity index is 254. The van der Waals surface area contributed by atoms with Gasteiger partial charge in [0.1, 0.15) is 0 Å². The Labute approximate surface area is 97.6 Å². The Kier molecular flexibility index (Phi) is 3.97. The molecule has 1 aliphatic carbocycles. The van der Waals surface area contributed by atoms with Gasteiger partial charge in [0, 0.05) is 6.54 Å². The molecular formula is C12H24N2O2. The zero-order valence-electron chi connectivity index (χ0n) is 10.5. The number of nitrogens with two attached hydrogens (primary N) is 1. The number of nitrogens with one attached hydrogen (secondary N) is 1.